The van der Waals surface area contributed by atoms with E-state index in [0.717, 1.165) is 75.8 Å². The number of hydrogen-bond donors (Lipinski definition) is 2. The number of aromatic amines is 1. The number of aromatic nitrogens is 4. The van der Waals surface area contributed by atoms with E-state index in [-0.39, 0.29) is 0 Å². The van der Waals surface area contributed by atoms with Gasteiger partial charge in [0.2, 0.25) is 5.95 Å². The lowest BCUT2D eigenvalue weighted by molar-refractivity contribution is 0.245. The van der Waals surface area contributed by atoms with E-state index in [4.69, 9.17) is 10.1 Å². The van der Waals surface area contributed by atoms with Crippen molar-refractivity contribution < 1.29 is 0 Å². The summed E-state index contributed by atoms with van der Waals surface area (Å²) in [7, 11) is 0. The molecule has 0 atom stereocenters. The van der Waals surface area contributed by atoms with Gasteiger partial charge < -0.3 is 15.2 Å². The van der Waals surface area contributed by atoms with Gasteiger partial charge in [-0.3, -0.25) is 9.58 Å². The van der Waals surface area contributed by atoms with E-state index in [9.17, 15) is 0 Å². The second kappa shape index (κ2) is 6.74. The maximum Gasteiger partial charge on any atom is 0.203 e. The molecule has 2 aliphatic rings. The average molecular weight is 351 g/mol. The molecule has 0 saturated carbocycles. The predicted octanol–water partition coefficient (Wildman–Crippen LogP) is 1.57. The van der Waals surface area contributed by atoms with E-state index in [1.54, 1.807) is 0 Å². The van der Waals surface area contributed by atoms with Crippen LogP contribution in [-0.4, -0.2) is 57.4 Å². The summed E-state index contributed by atoms with van der Waals surface area (Å²) in [6.07, 6.45) is 1.16. The summed E-state index contributed by atoms with van der Waals surface area (Å²) in [6, 6.07) is 10.5. The molecule has 5 rings (SSSR count). The van der Waals surface area contributed by atoms with Crippen LogP contribution < -0.4 is 10.2 Å². The van der Waals surface area contributed by atoms with E-state index in [2.05, 4.69) is 43.0 Å². The van der Waals surface area contributed by atoms with Crippen LogP contribution >= 0.6 is 0 Å². The molecule has 1 aromatic carbocycles. The average Bonchev–Trinajstić information content (AvgIpc) is 3.20. The zero-order valence-electron chi connectivity index (χ0n) is 15.0. The Morgan fingerprint density at radius 1 is 1.04 bits per heavy atom. The Bertz CT molecular complexity index is 832. The van der Waals surface area contributed by atoms with Crippen molar-refractivity contribution in [3.8, 4) is 0 Å². The van der Waals surface area contributed by atoms with Crippen molar-refractivity contribution in [1.82, 2.24) is 30.0 Å². The highest BCUT2D eigenvalue weighted by Crippen LogP contribution is 2.19. The second-order valence-corrected chi connectivity index (χ2v) is 7.22. The summed E-state index contributed by atoms with van der Waals surface area (Å²) in [4.78, 5) is 13.0. The number of fused-ring (bicyclic) bond motifs is 2. The lowest BCUT2D eigenvalue weighted by atomic mass is 10.3. The highest BCUT2D eigenvalue weighted by atomic mass is 15.3. The number of imidazole rings is 1. The Kier molecular flexibility index (Phi) is 4.10. The zero-order valence-corrected chi connectivity index (χ0v) is 15.0. The van der Waals surface area contributed by atoms with Crippen molar-refractivity contribution in [1.29, 1.82) is 0 Å². The molecule has 7 heteroatoms. The largest absolute Gasteiger partial charge is 0.340 e. The van der Waals surface area contributed by atoms with Gasteiger partial charge in [0, 0.05) is 45.8 Å². The van der Waals surface area contributed by atoms with Crippen LogP contribution in [0.3, 0.4) is 0 Å². The van der Waals surface area contributed by atoms with E-state index in [1.165, 1.54) is 11.4 Å². The standard InChI is InChI=1S/C19H25N7/c1-2-5-18-17(4-1)21-19(22-18)25-10-8-24(9-11-25)14-15-12-16-13-20-6-3-7-26(16)23-15/h1-2,4-5,12,20H,3,6-11,13-14H2,(H,21,22). The molecule has 2 N–H and O–H groups in total. The summed E-state index contributed by atoms with van der Waals surface area (Å²) in [5.74, 6) is 0.991. The van der Waals surface area contributed by atoms with Gasteiger partial charge in [-0.1, -0.05) is 12.1 Å². The quantitative estimate of drug-likeness (QED) is 0.750. The number of anilines is 1. The number of hydrogen-bond acceptors (Lipinski definition) is 5. The highest BCUT2D eigenvalue weighted by Gasteiger charge is 2.21. The van der Waals surface area contributed by atoms with Crippen LogP contribution in [0.2, 0.25) is 0 Å². The third kappa shape index (κ3) is 3.08. The Labute approximate surface area is 153 Å². The molecule has 2 aliphatic heterocycles. The van der Waals surface area contributed by atoms with Crippen LogP contribution in [0.1, 0.15) is 17.8 Å². The molecular weight excluding hydrogens is 326 g/mol. The van der Waals surface area contributed by atoms with Crippen LogP contribution in [0.5, 0.6) is 0 Å². The number of rotatable bonds is 3. The maximum absolute atomic E-state index is 4.81. The Morgan fingerprint density at radius 2 is 1.92 bits per heavy atom. The molecule has 0 aliphatic carbocycles. The molecule has 2 aromatic heterocycles. The highest BCUT2D eigenvalue weighted by molar-refractivity contribution is 5.77. The smallest absolute Gasteiger partial charge is 0.203 e. The number of nitrogens with zero attached hydrogens (tertiary/aromatic N) is 5. The molecule has 0 unspecified atom stereocenters. The van der Waals surface area contributed by atoms with Gasteiger partial charge >= 0.3 is 0 Å². The summed E-state index contributed by atoms with van der Waals surface area (Å²) in [5, 5.41) is 8.28. The fraction of sp³-hybridized carbons (Fsp3) is 0.474. The van der Waals surface area contributed by atoms with Crippen LogP contribution in [0.15, 0.2) is 30.3 Å². The lowest BCUT2D eigenvalue weighted by Crippen LogP contribution is -2.46. The number of benzene rings is 1. The molecule has 136 valence electrons. The SMILES string of the molecule is c1ccc2[nH]c(N3CCN(Cc4cc5n(n4)CCCNC5)CC3)nc2c1. The first-order valence-corrected chi connectivity index (χ1v) is 9.53. The van der Waals surface area contributed by atoms with Gasteiger partial charge in [-0.2, -0.15) is 5.10 Å². The minimum absolute atomic E-state index is 0.937. The van der Waals surface area contributed by atoms with E-state index >= 15 is 0 Å². The molecule has 0 amide bonds. The number of H-pyrrole nitrogens is 1. The summed E-state index contributed by atoms with van der Waals surface area (Å²) in [6.45, 7) is 8.06. The zero-order chi connectivity index (χ0) is 17.3. The molecule has 7 nitrogen and oxygen atoms in total. The van der Waals surface area contributed by atoms with Gasteiger partial charge in [0.05, 0.1) is 22.4 Å². The molecule has 1 fully saturated rings. The normalized spacial score (nSPS) is 18.8. The van der Waals surface area contributed by atoms with Gasteiger partial charge in [-0.25, -0.2) is 4.98 Å². The van der Waals surface area contributed by atoms with Gasteiger partial charge in [-0.15, -0.1) is 0 Å². The van der Waals surface area contributed by atoms with Crippen molar-refractivity contribution >= 4 is 17.0 Å². The summed E-state index contributed by atoms with van der Waals surface area (Å²) >= 11 is 0. The first-order chi connectivity index (χ1) is 12.8. The van der Waals surface area contributed by atoms with Crippen LogP contribution in [0.25, 0.3) is 11.0 Å². The molecule has 3 aromatic rings. The van der Waals surface area contributed by atoms with Gasteiger partial charge in [-0.05, 0) is 31.2 Å². The summed E-state index contributed by atoms with van der Waals surface area (Å²) in [5.41, 5.74) is 4.66. The van der Waals surface area contributed by atoms with Crippen molar-refractivity contribution in [2.75, 3.05) is 37.6 Å². The number of para-hydroxylation sites is 2. The van der Waals surface area contributed by atoms with Crippen molar-refractivity contribution in [2.24, 2.45) is 0 Å². The van der Waals surface area contributed by atoms with E-state index in [1.807, 2.05) is 12.1 Å². The topological polar surface area (TPSA) is 65.0 Å². The molecular formula is C19H25N7. The number of nitrogens with one attached hydrogen (secondary N) is 2. The van der Waals surface area contributed by atoms with Crippen molar-refractivity contribution in [3.63, 3.8) is 0 Å². The molecule has 26 heavy (non-hydrogen) atoms. The lowest BCUT2D eigenvalue weighted by Gasteiger charge is -2.34. The second-order valence-electron chi connectivity index (χ2n) is 7.22. The van der Waals surface area contributed by atoms with Gasteiger partial charge in [0.15, 0.2) is 0 Å². The minimum Gasteiger partial charge on any atom is -0.340 e. The number of aryl methyl sites for hydroxylation is 1. The number of piperazine rings is 1. The first-order valence-electron chi connectivity index (χ1n) is 9.53. The summed E-state index contributed by atoms with van der Waals surface area (Å²) < 4.78 is 2.18. The van der Waals surface area contributed by atoms with Gasteiger partial charge in [0.1, 0.15) is 0 Å². The molecule has 0 radical (unpaired) electrons. The predicted molar refractivity (Wildman–Crippen MR) is 102 cm³/mol. The van der Waals surface area contributed by atoms with E-state index < -0.39 is 0 Å². The maximum atomic E-state index is 4.81. The fourth-order valence-electron chi connectivity index (χ4n) is 3.93. The van der Waals surface area contributed by atoms with Crippen molar-refractivity contribution in [3.05, 3.63) is 41.7 Å². The van der Waals surface area contributed by atoms with Crippen LogP contribution in [0, 0.1) is 0 Å². The van der Waals surface area contributed by atoms with Gasteiger partial charge in [0.25, 0.3) is 0 Å². The molecule has 4 heterocycles. The van der Waals surface area contributed by atoms with Crippen molar-refractivity contribution in [2.45, 2.75) is 26.1 Å². The minimum atomic E-state index is 0.937. The Hall–Kier alpha value is -2.38. The third-order valence-corrected chi connectivity index (χ3v) is 5.38. The van der Waals surface area contributed by atoms with E-state index in [0.29, 0.717) is 0 Å². The fourth-order valence-corrected chi connectivity index (χ4v) is 3.93. The molecule has 1 saturated heterocycles. The monoisotopic (exact) mass is 351 g/mol. The van der Waals surface area contributed by atoms with Crippen LogP contribution in [-0.2, 0) is 19.6 Å². The van der Waals surface area contributed by atoms with Crippen LogP contribution in [0.4, 0.5) is 5.95 Å². The first kappa shape index (κ1) is 15.8. The Balaban J connectivity index is 1.22. The molecule has 0 bridgehead atoms. The molecule has 0 spiro atoms. The third-order valence-electron chi connectivity index (χ3n) is 5.38. The Morgan fingerprint density at radius 3 is 2.81 bits per heavy atom.